The van der Waals surface area contributed by atoms with Crippen molar-refractivity contribution >= 4 is 82.2 Å². The fourth-order valence-electron chi connectivity index (χ4n) is 4.45. The number of fused-ring (bicyclic) bond motifs is 1. The van der Waals surface area contributed by atoms with Gasteiger partial charge in [0.2, 0.25) is 5.91 Å². The number of nitrogens with one attached hydrogen (secondary N) is 1. The summed E-state index contributed by atoms with van der Waals surface area (Å²) in [6, 6.07) is 7.75. The second kappa shape index (κ2) is 13.5. The molecule has 0 bridgehead atoms. The van der Waals surface area contributed by atoms with Crippen LogP contribution in [0.2, 0.25) is 10.0 Å². The van der Waals surface area contributed by atoms with Gasteiger partial charge in [0.15, 0.2) is 25.0 Å². The van der Waals surface area contributed by atoms with E-state index in [0.29, 0.717) is 32.0 Å². The summed E-state index contributed by atoms with van der Waals surface area (Å²) in [5.74, 6) is -2.60. The van der Waals surface area contributed by atoms with Crippen LogP contribution in [-0.2, 0) is 25.7 Å². The predicted molar refractivity (Wildman–Crippen MR) is 162 cm³/mol. The van der Waals surface area contributed by atoms with Crippen LogP contribution < -0.4 is 9.88 Å². The second-order valence-electron chi connectivity index (χ2n) is 10.3. The summed E-state index contributed by atoms with van der Waals surface area (Å²) < 4.78 is 1.77. The van der Waals surface area contributed by atoms with E-state index in [0.717, 1.165) is 4.90 Å². The van der Waals surface area contributed by atoms with Gasteiger partial charge in [0.05, 0.1) is 16.2 Å². The van der Waals surface area contributed by atoms with Gasteiger partial charge >= 0.3 is 11.9 Å². The number of aromatic nitrogens is 1. The molecule has 4 N–H and O–H groups in total. The summed E-state index contributed by atoms with van der Waals surface area (Å²) in [5, 5.41) is 32.2. The third-order valence-corrected chi connectivity index (χ3v) is 10.8. The van der Waals surface area contributed by atoms with Crippen molar-refractivity contribution in [3.8, 4) is 0 Å². The van der Waals surface area contributed by atoms with Crippen molar-refractivity contribution in [2.45, 2.75) is 47.7 Å². The number of benzene rings is 1. The Hall–Kier alpha value is -2.42. The Kier molecular flexibility index (Phi) is 10.4. The Morgan fingerprint density at radius 1 is 1.17 bits per heavy atom. The minimum atomic E-state index is -1.52. The highest BCUT2D eigenvalue weighted by atomic mass is 35.5. The molecular weight excluding hydrogens is 645 g/mol. The van der Waals surface area contributed by atoms with Crippen LogP contribution in [0.1, 0.15) is 13.8 Å². The van der Waals surface area contributed by atoms with Crippen molar-refractivity contribution in [3.63, 3.8) is 0 Å². The number of amides is 2. The number of carboxylic acids is 2. The number of rotatable bonds is 12. The average molecular weight is 674 g/mol. The van der Waals surface area contributed by atoms with Crippen molar-refractivity contribution in [3.05, 3.63) is 64.0 Å². The zero-order chi connectivity index (χ0) is 30.8. The van der Waals surface area contributed by atoms with Gasteiger partial charge in [-0.3, -0.25) is 14.5 Å². The molecule has 1 fully saturated rings. The number of hydrogen-bond donors (Lipinski definition) is 4. The second-order valence-corrected chi connectivity index (χ2v) is 14.3. The van der Waals surface area contributed by atoms with Crippen molar-refractivity contribution in [1.82, 2.24) is 10.2 Å². The first kappa shape index (κ1) is 32.5. The van der Waals surface area contributed by atoms with E-state index in [1.54, 1.807) is 49.0 Å². The number of aliphatic hydroxyl groups excluding tert-OH is 1. The summed E-state index contributed by atoms with van der Waals surface area (Å²) in [7, 11) is 0. The number of pyridine rings is 1. The number of hydrogen-bond acceptors (Lipinski definition) is 8. The Morgan fingerprint density at radius 3 is 2.50 bits per heavy atom. The lowest BCUT2D eigenvalue weighted by atomic mass is 9.86. The minimum Gasteiger partial charge on any atom is -0.479 e. The SMILES string of the molecule is CC(C)(C[n+]1ccc(SCC2=C(C(=O)O)N3C(=O)[C@H](NC(=O)CSc4cc(Cl)ccc4Cl)[C@H]3SC2)cc1)[C@H](O)C(=O)O. The van der Waals surface area contributed by atoms with Gasteiger partial charge in [-0.15, -0.1) is 35.3 Å². The molecule has 4 rings (SSSR count). The molecular formula is C27H28Cl2N3O7S3+. The Bertz CT molecular complexity index is 1440. The largest absolute Gasteiger partial charge is 0.479 e. The highest BCUT2D eigenvalue weighted by Crippen LogP contribution is 2.41. The van der Waals surface area contributed by atoms with E-state index in [9.17, 15) is 29.4 Å². The van der Waals surface area contributed by atoms with E-state index in [-0.39, 0.29) is 23.9 Å². The van der Waals surface area contributed by atoms with Gasteiger partial charge in [0, 0.05) is 38.5 Å². The van der Waals surface area contributed by atoms with Crippen LogP contribution >= 0.6 is 58.5 Å². The predicted octanol–water partition coefficient (Wildman–Crippen LogP) is 3.38. The van der Waals surface area contributed by atoms with Crippen LogP contribution in [0, 0.1) is 5.41 Å². The van der Waals surface area contributed by atoms with Crippen molar-refractivity contribution in [1.29, 1.82) is 0 Å². The molecule has 2 aliphatic rings. The van der Waals surface area contributed by atoms with Gasteiger partial charge in [-0.1, -0.05) is 37.0 Å². The van der Waals surface area contributed by atoms with E-state index < -0.39 is 40.8 Å². The molecule has 2 amide bonds. The van der Waals surface area contributed by atoms with E-state index in [2.05, 4.69) is 5.32 Å². The van der Waals surface area contributed by atoms with Gasteiger partial charge < -0.3 is 20.6 Å². The number of nitrogens with zero attached hydrogens (tertiary/aromatic N) is 2. The molecule has 0 unspecified atom stereocenters. The number of carbonyl (C=O) groups is 4. The van der Waals surface area contributed by atoms with Gasteiger partial charge in [0.25, 0.3) is 5.91 Å². The van der Waals surface area contributed by atoms with Crippen LogP contribution in [-0.4, -0.2) is 78.8 Å². The highest BCUT2D eigenvalue weighted by Gasteiger charge is 2.54. The summed E-state index contributed by atoms with van der Waals surface area (Å²) in [5.41, 5.74) is -0.357. The molecule has 15 heteroatoms. The molecule has 0 aliphatic carbocycles. The molecule has 3 heterocycles. The number of halogens is 2. The lowest BCUT2D eigenvalue weighted by Gasteiger charge is -2.49. The number of aliphatic hydroxyl groups is 1. The molecule has 0 spiro atoms. The van der Waals surface area contributed by atoms with Crippen LogP contribution in [0.3, 0.4) is 0 Å². The number of carboxylic acid groups (broad SMARTS) is 2. The zero-order valence-corrected chi connectivity index (χ0v) is 26.4. The summed E-state index contributed by atoms with van der Waals surface area (Å²) >= 11 is 16.1. The molecule has 10 nitrogen and oxygen atoms in total. The number of aliphatic carboxylic acids is 2. The van der Waals surface area contributed by atoms with E-state index in [1.165, 1.54) is 40.2 Å². The fraction of sp³-hybridized carbons (Fsp3) is 0.370. The van der Waals surface area contributed by atoms with Crippen molar-refractivity contribution in [2.75, 3.05) is 17.3 Å². The van der Waals surface area contributed by atoms with E-state index in [1.807, 2.05) is 12.1 Å². The Balaban J connectivity index is 1.35. The maximum Gasteiger partial charge on any atom is 0.352 e. The van der Waals surface area contributed by atoms with Crippen LogP contribution in [0.5, 0.6) is 0 Å². The molecule has 1 saturated heterocycles. The van der Waals surface area contributed by atoms with E-state index in [4.69, 9.17) is 28.3 Å². The number of β-lactam (4-membered cyclic amide) rings is 1. The van der Waals surface area contributed by atoms with Gasteiger partial charge in [0.1, 0.15) is 17.1 Å². The van der Waals surface area contributed by atoms with E-state index >= 15 is 0 Å². The molecule has 0 radical (unpaired) electrons. The maximum atomic E-state index is 13.0. The minimum absolute atomic E-state index is 0.0134. The molecule has 224 valence electrons. The first-order valence-electron chi connectivity index (χ1n) is 12.6. The monoisotopic (exact) mass is 672 g/mol. The first-order chi connectivity index (χ1) is 19.8. The Labute approximate surface area is 264 Å². The Morgan fingerprint density at radius 2 is 1.86 bits per heavy atom. The molecule has 2 aromatic rings. The van der Waals surface area contributed by atoms with Gasteiger partial charge in [-0.2, -0.15) is 0 Å². The molecule has 1 aromatic carbocycles. The molecule has 2 aliphatic heterocycles. The lowest BCUT2D eigenvalue weighted by molar-refractivity contribution is -0.710. The summed E-state index contributed by atoms with van der Waals surface area (Å²) in [4.78, 5) is 51.6. The number of carbonyl (C=O) groups excluding carboxylic acids is 2. The standard InChI is InChI=1S/C27H27Cl2N3O7S3/c1-27(2,22(34)26(38)39)13-31-7-5-16(6-8-31)40-10-14-11-42-24-20(23(35)32(24)21(14)25(36)37)30-19(33)12-41-18-9-15(28)3-4-17(18)29/h3-9,20,22,24,34H,10-13H2,1-2H3,(H2-,30,33,36,37,38,39)/p+1/t20-,22+,24+/m0/s1. The summed E-state index contributed by atoms with van der Waals surface area (Å²) in [6.07, 6.45) is 2.01. The van der Waals surface area contributed by atoms with Crippen LogP contribution in [0.15, 0.2) is 63.8 Å². The van der Waals surface area contributed by atoms with Crippen molar-refractivity contribution < 1.29 is 39.1 Å². The lowest BCUT2D eigenvalue weighted by Crippen LogP contribution is -2.70. The quantitative estimate of drug-likeness (QED) is 0.150. The molecule has 1 aromatic heterocycles. The molecule has 42 heavy (non-hydrogen) atoms. The van der Waals surface area contributed by atoms with Crippen LogP contribution in [0.4, 0.5) is 0 Å². The third kappa shape index (κ3) is 7.37. The van der Waals surface area contributed by atoms with Crippen LogP contribution in [0.25, 0.3) is 0 Å². The first-order valence-corrected chi connectivity index (χ1v) is 16.4. The van der Waals surface area contributed by atoms with Gasteiger partial charge in [-0.25, -0.2) is 14.2 Å². The zero-order valence-electron chi connectivity index (χ0n) is 22.5. The number of thioether (sulfide) groups is 3. The van der Waals surface area contributed by atoms with Gasteiger partial charge in [-0.05, 0) is 23.8 Å². The smallest absolute Gasteiger partial charge is 0.352 e. The topological polar surface area (TPSA) is 148 Å². The average Bonchev–Trinajstić information content (AvgIpc) is 2.94. The van der Waals surface area contributed by atoms with Crippen molar-refractivity contribution in [2.24, 2.45) is 5.41 Å². The molecule has 0 saturated carbocycles. The third-order valence-electron chi connectivity index (χ3n) is 6.66. The summed E-state index contributed by atoms with van der Waals surface area (Å²) in [6.45, 7) is 3.61. The maximum absolute atomic E-state index is 13.0. The fourth-order valence-corrected chi connectivity index (χ4v) is 8.12. The normalized spacial score (nSPS) is 19.2. The molecule has 3 atom stereocenters. The highest BCUT2D eigenvalue weighted by molar-refractivity contribution is 8.01.